The summed E-state index contributed by atoms with van der Waals surface area (Å²) < 4.78 is 12.1. The zero-order valence-corrected chi connectivity index (χ0v) is 18.3. The fourth-order valence-electron chi connectivity index (χ4n) is 3.03. The molecular formula is C22H24BrN3O3. The normalized spacial score (nSPS) is 11.2. The zero-order chi connectivity index (χ0) is 20.8. The number of fused-ring (bicyclic) bond motifs is 1. The molecule has 1 aromatic heterocycles. The Kier molecular flexibility index (Phi) is 6.93. The Morgan fingerprint density at radius 3 is 2.66 bits per heavy atom. The van der Waals surface area contributed by atoms with Crippen molar-refractivity contribution >= 4 is 44.7 Å². The molecule has 1 amide bonds. The lowest BCUT2D eigenvalue weighted by molar-refractivity contribution is 0.0929. The molecule has 0 radical (unpaired) electrons. The van der Waals surface area contributed by atoms with Crippen molar-refractivity contribution in [3.05, 3.63) is 58.3 Å². The molecule has 6 nitrogen and oxygen atoms in total. The van der Waals surface area contributed by atoms with Gasteiger partial charge in [-0.3, -0.25) is 4.79 Å². The number of amides is 1. The lowest BCUT2D eigenvalue weighted by atomic mass is 10.2. The third-order valence-corrected chi connectivity index (χ3v) is 5.11. The predicted octanol–water partition coefficient (Wildman–Crippen LogP) is 5.20. The maximum atomic E-state index is 12.3. The lowest BCUT2D eigenvalue weighted by Crippen LogP contribution is -2.22. The van der Waals surface area contributed by atoms with Gasteiger partial charge in [-0.25, -0.2) is 5.43 Å². The Balaban J connectivity index is 1.68. The number of furan rings is 1. The number of hydrazone groups is 1. The minimum atomic E-state index is -0.408. The van der Waals surface area contributed by atoms with Crippen molar-refractivity contribution in [3.63, 3.8) is 0 Å². The van der Waals surface area contributed by atoms with Crippen LogP contribution in [0, 0.1) is 0 Å². The van der Waals surface area contributed by atoms with E-state index in [0.717, 1.165) is 39.9 Å². The molecule has 0 saturated carbocycles. The fourth-order valence-corrected chi connectivity index (χ4v) is 3.68. The van der Waals surface area contributed by atoms with Crippen molar-refractivity contribution < 1.29 is 13.9 Å². The number of anilines is 1. The Labute approximate surface area is 178 Å². The van der Waals surface area contributed by atoms with E-state index in [-0.39, 0.29) is 5.76 Å². The van der Waals surface area contributed by atoms with Crippen LogP contribution in [0.5, 0.6) is 5.75 Å². The quantitative estimate of drug-likeness (QED) is 0.372. The summed E-state index contributed by atoms with van der Waals surface area (Å²) in [5.41, 5.74) is 5.13. The van der Waals surface area contributed by atoms with Crippen molar-refractivity contribution in [1.82, 2.24) is 5.43 Å². The number of halogens is 1. The summed E-state index contributed by atoms with van der Waals surface area (Å²) in [6.45, 7) is 8.61. The average molecular weight is 458 g/mol. The van der Waals surface area contributed by atoms with Crippen LogP contribution < -0.4 is 15.1 Å². The molecule has 29 heavy (non-hydrogen) atoms. The highest BCUT2D eigenvalue weighted by Gasteiger charge is 2.12. The smallest absolute Gasteiger partial charge is 0.307 e. The SMILES string of the molecule is CCOc1ccc2oc(C(=O)N/N=C/c3ccc(N(CC)CC)c(Br)c3)cc2c1. The first-order valence-corrected chi connectivity index (χ1v) is 10.4. The Bertz CT molecular complexity index is 1030. The van der Waals surface area contributed by atoms with E-state index < -0.39 is 5.91 Å². The minimum absolute atomic E-state index is 0.198. The summed E-state index contributed by atoms with van der Waals surface area (Å²) in [4.78, 5) is 14.6. The van der Waals surface area contributed by atoms with Gasteiger partial charge in [-0.05, 0) is 78.7 Å². The standard InChI is InChI=1S/C22H24BrN3O3/c1-4-26(5-2)19-9-7-15(11-18(19)23)14-24-25-22(27)21-13-16-12-17(28-6-3)8-10-20(16)29-21/h7-14H,4-6H2,1-3H3,(H,25,27)/b24-14+. The molecule has 7 heteroatoms. The third-order valence-electron chi connectivity index (χ3n) is 4.48. The van der Waals surface area contributed by atoms with E-state index in [4.69, 9.17) is 9.15 Å². The number of nitrogens with one attached hydrogen (secondary N) is 1. The monoisotopic (exact) mass is 457 g/mol. The number of rotatable bonds is 8. The minimum Gasteiger partial charge on any atom is -0.494 e. The first kappa shape index (κ1) is 20.9. The molecule has 3 rings (SSSR count). The van der Waals surface area contributed by atoms with Crippen molar-refractivity contribution in [1.29, 1.82) is 0 Å². The largest absolute Gasteiger partial charge is 0.494 e. The van der Waals surface area contributed by atoms with Gasteiger partial charge >= 0.3 is 5.91 Å². The van der Waals surface area contributed by atoms with Crippen LogP contribution in [-0.4, -0.2) is 31.8 Å². The van der Waals surface area contributed by atoms with E-state index in [9.17, 15) is 4.79 Å². The molecule has 1 heterocycles. The van der Waals surface area contributed by atoms with E-state index >= 15 is 0 Å². The summed E-state index contributed by atoms with van der Waals surface area (Å²) >= 11 is 3.61. The van der Waals surface area contributed by atoms with Crippen molar-refractivity contribution in [2.24, 2.45) is 5.10 Å². The van der Waals surface area contributed by atoms with Crippen LogP contribution in [0.15, 0.2) is 56.5 Å². The average Bonchev–Trinajstić information content (AvgIpc) is 3.14. The number of carbonyl (C=O) groups excluding carboxylic acids is 1. The van der Waals surface area contributed by atoms with Gasteiger partial charge in [0.15, 0.2) is 5.76 Å². The number of benzene rings is 2. The topological polar surface area (TPSA) is 67.1 Å². The number of hydrogen-bond acceptors (Lipinski definition) is 5. The van der Waals surface area contributed by atoms with Gasteiger partial charge in [-0.2, -0.15) is 5.10 Å². The first-order chi connectivity index (χ1) is 14.0. The third kappa shape index (κ3) is 4.98. The predicted molar refractivity (Wildman–Crippen MR) is 120 cm³/mol. The van der Waals surface area contributed by atoms with Crippen molar-refractivity contribution in [3.8, 4) is 5.75 Å². The maximum Gasteiger partial charge on any atom is 0.307 e. The van der Waals surface area contributed by atoms with Crippen LogP contribution in [-0.2, 0) is 0 Å². The molecule has 2 aromatic carbocycles. The van der Waals surface area contributed by atoms with Gasteiger partial charge in [0.2, 0.25) is 0 Å². The molecule has 152 valence electrons. The molecule has 0 fully saturated rings. The van der Waals surface area contributed by atoms with Crippen LogP contribution in [0.25, 0.3) is 11.0 Å². The van der Waals surface area contributed by atoms with Crippen molar-refractivity contribution in [2.75, 3.05) is 24.6 Å². The van der Waals surface area contributed by atoms with E-state index in [1.54, 1.807) is 18.3 Å². The Morgan fingerprint density at radius 2 is 1.97 bits per heavy atom. The molecule has 0 atom stereocenters. The molecule has 0 aliphatic rings. The number of nitrogens with zero attached hydrogens (tertiary/aromatic N) is 2. The zero-order valence-electron chi connectivity index (χ0n) is 16.7. The second kappa shape index (κ2) is 9.60. The number of carbonyl (C=O) groups is 1. The highest BCUT2D eigenvalue weighted by atomic mass is 79.9. The van der Waals surface area contributed by atoms with Gasteiger partial charge in [0, 0.05) is 22.9 Å². The summed E-state index contributed by atoms with van der Waals surface area (Å²) in [6.07, 6.45) is 1.60. The van der Waals surface area contributed by atoms with Crippen LogP contribution in [0.1, 0.15) is 36.9 Å². The van der Waals surface area contributed by atoms with Crippen LogP contribution in [0.2, 0.25) is 0 Å². The van der Waals surface area contributed by atoms with Gasteiger partial charge in [0.05, 0.1) is 18.5 Å². The molecule has 0 unspecified atom stereocenters. The number of ether oxygens (including phenoxy) is 1. The first-order valence-electron chi connectivity index (χ1n) is 9.60. The molecule has 3 aromatic rings. The van der Waals surface area contributed by atoms with Crippen LogP contribution in [0.3, 0.4) is 0 Å². The second-order valence-corrected chi connectivity index (χ2v) is 7.18. The molecule has 1 N–H and O–H groups in total. The molecule has 0 bridgehead atoms. The summed E-state index contributed by atoms with van der Waals surface area (Å²) in [7, 11) is 0. The summed E-state index contributed by atoms with van der Waals surface area (Å²) in [5.74, 6) is 0.530. The Morgan fingerprint density at radius 1 is 1.17 bits per heavy atom. The molecular weight excluding hydrogens is 434 g/mol. The van der Waals surface area contributed by atoms with E-state index in [1.165, 1.54) is 0 Å². The van der Waals surface area contributed by atoms with Gasteiger partial charge in [-0.15, -0.1) is 0 Å². The van der Waals surface area contributed by atoms with Gasteiger partial charge in [0.1, 0.15) is 11.3 Å². The lowest BCUT2D eigenvalue weighted by Gasteiger charge is -2.22. The molecule has 0 aliphatic heterocycles. The maximum absolute atomic E-state index is 12.3. The van der Waals surface area contributed by atoms with E-state index in [0.29, 0.717) is 12.2 Å². The summed E-state index contributed by atoms with van der Waals surface area (Å²) in [5, 5.41) is 4.85. The highest BCUT2D eigenvalue weighted by Crippen LogP contribution is 2.27. The molecule has 0 aliphatic carbocycles. The summed E-state index contributed by atoms with van der Waals surface area (Å²) in [6, 6.07) is 13.1. The van der Waals surface area contributed by atoms with Crippen molar-refractivity contribution in [2.45, 2.75) is 20.8 Å². The molecule has 0 saturated heterocycles. The molecule has 0 spiro atoms. The van der Waals surface area contributed by atoms with Gasteiger partial charge in [0.25, 0.3) is 0 Å². The van der Waals surface area contributed by atoms with Gasteiger partial charge in [-0.1, -0.05) is 6.07 Å². The fraction of sp³-hybridized carbons (Fsp3) is 0.273. The van der Waals surface area contributed by atoms with Crippen LogP contribution >= 0.6 is 15.9 Å². The number of hydrogen-bond donors (Lipinski definition) is 1. The second-order valence-electron chi connectivity index (χ2n) is 6.33. The van der Waals surface area contributed by atoms with Gasteiger partial charge < -0.3 is 14.1 Å². The highest BCUT2D eigenvalue weighted by molar-refractivity contribution is 9.10. The Hall–Kier alpha value is -2.80. The van der Waals surface area contributed by atoms with E-state index in [1.807, 2.05) is 37.3 Å². The van der Waals surface area contributed by atoms with Crippen LogP contribution in [0.4, 0.5) is 5.69 Å². The van der Waals surface area contributed by atoms with E-state index in [2.05, 4.69) is 45.2 Å².